The van der Waals surface area contributed by atoms with E-state index < -0.39 is 0 Å². The minimum atomic E-state index is -0.184. The number of pyridine rings is 1. The van der Waals surface area contributed by atoms with Gasteiger partial charge in [-0.3, -0.25) is 9.78 Å². The van der Waals surface area contributed by atoms with E-state index in [1.807, 2.05) is 30.3 Å². The number of carbonyl (C=O) groups is 1. The average Bonchev–Trinajstić information content (AvgIpc) is 2.71. The molecule has 0 aliphatic carbocycles. The number of benzene rings is 1. The van der Waals surface area contributed by atoms with Crippen molar-refractivity contribution in [1.82, 2.24) is 10.3 Å². The van der Waals surface area contributed by atoms with Crippen molar-refractivity contribution in [3.63, 3.8) is 0 Å². The molecule has 1 atom stereocenters. The first-order valence-corrected chi connectivity index (χ1v) is 9.31. The van der Waals surface area contributed by atoms with Crippen molar-refractivity contribution in [2.45, 2.75) is 26.3 Å². The zero-order chi connectivity index (χ0) is 19.2. The topological polar surface area (TPSA) is 63.7 Å². The van der Waals surface area contributed by atoms with Gasteiger partial charge in [-0.2, -0.15) is 0 Å². The quantitative estimate of drug-likeness (QED) is 0.847. The Labute approximate surface area is 160 Å². The zero-order valence-corrected chi connectivity index (χ0v) is 16.2. The number of methoxy groups -OCH3 is 2. The van der Waals surface area contributed by atoms with Crippen molar-refractivity contribution >= 4 is 11.6 Å². The van der Waals surface area contributed by atoms with Gasteiger partial charge in [-0.15, -0.1) is 0 Å². The highest BCUT2D eigenvalue weighted by molar-refractivity contribution is 5.93. The molecular formula is C21H27N3O3. The largest absolute Gasteiger partial charge is 0.493 e. The van der Waals surface area contributed by atoms with Crippen molar-refractivity contribution in [1.29, 1.82) is 0 Å². The van der Waals surface area contributed by atoms with Crippen LogP contribution in [0.3, 0.4) is 0 Å². The lowest BCUT2D eigenvalue weighted by Gasteiger charge is -2.32. The second-order valence-electron chi connectivity index (χ2n) is 6.96. The summed E-state index contributed by atoms with van der Waals surface area (Å²) in [4.78, 5) is 19.1. The summed E-state index contributed by atoms with van der Waals surface area (Å²) >= 11 is 0. The molecule has 6 nitrogen and oxygen atoms in total. The molecule has 1 N–H and O–H groups in total. The molecule has 1 aliphatic rings. The first-order valence-electron chi connectivity index (χ1n) is 9.31. The minimum Gasteiger partial charge on any atom is -0.493 e. The molecule has 0 radical (unpaired) electrons. The van der Waals surface area contributed by atoms with Gasteiger partial charge in [-0.25, -0.2) is 0 Å². The third-order valence-corrected chi connectivity index (χ3v) is 4.90. The third kappa shape index (κ3) is 4.70. The zero-order valence-electron chi connectivity index (χ0n) is 16.2. The van der Waals surface area contributed by atoms with Crippen LogP contribution in [0.1, 0.15) is 35.8 Å². The molecule has 144 valence electrons. The van der Waals surface area contributed by atoms with Crippen molar-refractivity contribution in [2.75, 3.05) is 32.2 Å². The molecular weight excluding hydrogens is 342 g/mol. The average molecular weight is 369 g/mol. The van der Waals surface area contributed by atoms with Crippen LogP contribution in [0.4, 0.5) is 5.69 Å². The Morgan fingerprint density at radius 2 is 2.04 bits per heavy atom. The fourth-order valence-corrected chi connectivity index (χ4v) is 3.43. The fourth-order valence-electron chi connectivity index (χ4n) is 3.43. The molecule has 27 heavy (non-hydrogen) atoms. The number of piperidine rings is 1. The van der Waals surface area contributed by atoms with Gasteiger partial charge >= 0.3 is 0 Å². The number of rotatable bonds is 6. The van der Waals surface area contributed by atoms with E-state index in [4.69, 9.17) is 9.47 Å². The summed E-state index contributed by atoms with van der Waals surface area (Å²) < 4.78 is 10.5. The van der Waals surface area contributed by atoms with Crippen molar-refractivity contribution in [3.8, 4) is 11.5 Å². The standard InChI is InChI=1S/C21H27N3O3/c1-15-5-4-10-24(14-15)17-8-9-22-18(12-17)21(25)23-13-16-6-7-19(26-2)20(11-16)27-3/h6-9,11-12,15H,4-5,10,13-14H2,1-3H3,(H,23,25). The van der Waals surface area contributed by atoms with Gasteiger partial charge in [-0.05, 0) is 48.6 Å². The summed E-state index contributed by atoms with van der Waals surface area (Å²) in [6, 6.07) is 9.44. The maximum absolute atomic E-state index is 12.5. The van der Waals surface area contributed by atoms with Gasteiger partial charge in [0, 0.05) is 31.5 Å². The Morgan fingerprint density at radius 3 is 2.78 bits per heavy atom. The second kappa shape index (κ2) is 8.75. The number of carbonyl (C=O) groups excluding carboxylic acids is 1. The number of aromatic nitrogens is 1. The van der Waals surface area contributed by atoms with Crippen molar-refractivity contribution < 1.29 is 14.3 Å². The van der Waals surface area contributed by atoms with Gasteiger partial charge in [0.1, 0.15) is 5.69 Å². The second-order valence-corrected chi connectivity index (χ2v) is 6.96. The Morgan fingerprint density at radius 1 is 1.22 bits per heavy atom. The molecule has 0 spiro atoms. The van der Waals surface area contributed by atoms with Crippen molar-refractivity contribution in [2.24, 2.45) is 5.92 Å². The SMILES string of the molecule is COc1ccc(CNC(=O)c2cc(N3CCCC(C)C3)ccn2)cc1OC. The maximum Gasteiger partial charge on any atom is 0.270 e. The first-order chi connectivity index (χ1) is 13.1. The van der Waals surface area contributed by atoms with Crippen LogP contribution in [0, 0.1) is 5.92 Å². The third-order valence-electron chi connectivity index (χ3n) is 4.90. The molecule has 0 bridgehead atoms. The summed E-state index contributed by atoms with van der Waals surface area (Å²) in [6.07, 6.45) is 4.16. The van der Waals surface area contributed by atoms with E-state index in [2.05, 4.69) is 22.1 Å². The summed E-state index contributed by atoms with van der Waals surface area (Å²) in [7, 11) is 3.19. The Hall–Kier alpha value is -2.76. The van der Waals surface area contributed by atoms with Crippen LogP contribution >= 0.6 is 0 Å². The highest BCUT2D eigenvalue weighted by atomic mass is 16.5. The van der Waals surface area contributed by atoms with Gasteiger partial charge < -0.3 is 19.7 Å². The molecule has 1 aromatic carbocycles. The molecule has 2 aromatic rings. The minimum absolute atomic E-state index is 0.184. The predicted molar refractivity (Wildman–Crippen MR) is 106 cm³/mol. The molecule has 1 unspecified atom stereocenters. The maximum atomic E-state index is 12.5. The first kappa shape index (κ1) is 19.0. The van der Waals surface area contributed by atoms with E-state index in [0.717, 1.165) is 24.3 Å². The van der Waals surface area contributed by atoms with Crippen LogP contribution < -0.4 is 19.7 Å². The van der Waals surface area contributed by atoms with Crippen molar-refractivity contribution in [3.05, 3.63) is 47.8 Å². The Kier molecular flexibility index (Phi) is 6.16. The van der Waals surface area contributed by atoms with Gasteiger partial charge in [-0.1, -0.05) is 13.0 Å². The van der Waals surface area contributed by atoms with Crippen LogP contribution in [0.2, 0.25) is 0 Å². The van der Waals surface area contributed by atoms with Crippen LogP contribution in [-0.4, -0.2) is 38.2 Å². The molecule has 1 aliphatic heterocycles. The number of hydrogen-bond donors (Lipinski definition) is 1. The Balaban J connectivity index is 1.65. The monoisotopic (exact) mass is 369 g/mol. The molecule has 1 saturated heterocycles. The fraction of sp³-hybridized carbons (Fsp3) is 0.429. The van der Waals surface area contributed by atoms with Gasteiger partial charge in [0.25, 0.3) is 5.91 Å². The van der Waals surface area contributed by atoms with Gasteiger partial charge in [0.15, 0.2) is 11.5 Å². The molecule has 1 fully saturated rings. The molecule has 3 rings (SSSR count). The van der Waals surface area contributed by atoms with Crippen LogP contribution in [0.5, 0.6) is 11.5 Å². The van der Waals surface area contributed by atoms with Crippen LogP contribution in [0.25, 0.3) is 0 Å². The summed E-state index contributed by atoms with van der Waals surface area (Å²) in [5, 5.41) is 2.93. The molecule has 6 heteroatoms. The van der Waals surface area contributed by atoms with Gasteiger partial charge in [0.2, 0.25) is 0 Å². The number of hydrogen-bond acceptors (Lipinski definition) is 5. The van der Waals surface area contributed by atoms with E-state index >= 15 is 0 Å². The Bertz CT molecular complexity index is 794. The highest BCUT2D eigenvalue weighted by Crippen LogP contribution is 2.27. The number of amides is 1. The lowest BCUT2D eigenvalue weighted by molar-refractivity contribution is 0.0946. The summed E-state index contributed by atoms with van der Waals surface area (Å²) in [6.45, 7) is 4.72. The molecule has 1 aromatic heterocycles. The smallest absolute Gasteiger partial charge is 0.270 e. The van der Waals surface area contributed by atoms with E-state index in [-0.39, 0.29) is 5.91 Å². The van der Waals surface area contributed by atoms with E-state index in [1.54, 1.807) is 20.4 Å². The number of ether oxygens (including phenoxy) is 2. The number of nitrogens with one attached hydrogen (secondary N) is 1. The summed E-state index contributed by atoms with van der Waals surface area (Å²) in [5.41, 5.74) is 2.43. The van der Waals surface area contributed by atoms with E-state index in [0.29, 0.717) is 29.7 Å². The lowest BCUT2D eigenvalue weighted by Crippen LogP contribution is -2.34. The van der Waals surface area contributed by atoms with Crippen LogP contribution in [-0.2, 0) is 6.54 Å². The predicted octanol–water partition coefficient (Wildman–Crippen LogP) is 3.27. The highest BCUT2D eigenvalue weighted by Gasteiger charge is 2.18. The van der Waals surface area contributed by atoms with E-state index in [1.165, 1.54) is 12.8 Å². The lowest BCUT2D eigenvalue weighted by atomic mass is 10.00. The molecule has 0 saturated carbocycles. The normalized spacial score (nSPS) is 16.7. The molecule has 1 amide bonds. The van der Waals surface area contributed by atoms with Gasteiger partial charge in [0.05, 0.1) is 14.2 Å². The molecule has 2 heterocycles. The van der Waals surface area contributed by atoms with Crippen LogP contribution in [0.15, 0.2) is 36.5 Å². The van der Waals surface area contributed by atoms with E-state index in [9.17, 15) is 4.79 Å². The number of anilines is 1. The summed E-state index contributed by atoms with van der Waals surface area (Å²) in [5.74, 6) is 1.80. The number of nitrogens with zero attached hydrogens (tertiary/aromatic N) is 2.